The first kappa shape index (κ1) is 41.0. The van der Waals surface area contributed by atoms with Gasteiger partial charge in [0.05, 0.1) is 53.8 Å². The Morgan fingerprint density at radius 3 is 2.47 bits per heavy atom. The molecule has 15 nitrogen and oxygen atoms in total. The van der Waals surface area contributed by atoms with E-state index in [4.69, 9.17) is 21.3 Å². The molecule has 4 aromatic rings. The Hall–Kier alpha value is -5.00. The lowest BCUT2D eigenvalue weighted by molar-refractivity contribution is -0.128. The van der Waals surface area contributed by atoms with Crippen LogP contribution >= 0.6 is 11.6 Å². The Morgan fingerprint density at radius 1 is 0.984 bits per heavy atom. The molecule has 0 radical (unpaired) electrons. The van der Waals surface area contributed by atoms with Crippen LogP contribution in [0.3, 0.4) is 0 Å². The van der Waals surface area contributed by atoms with Gasteiger partial charge in [0.25, 0.3) is 18.2 Å². The number of fused-ring (bicyclic) bond motifs is 3. The van der Waals surface area contributed by atoms with Crippen molar-refractivity contribution < 1.29 is 32.7 Å². The molecule has 2 atom stereocenters. The summed E-state index contributed by atoms with van der Waals surface area (Å²) in [7, 11) is 0. The van der Waals surface area contributed by atoms with Crippen LogP contribution in [-0.2, 0) is 14.3 Å². The van der Waals surface area contributed by atoms with Gasteiger partial charge < -0.3 is 29.7 Å². The van der Waals surface area contributed by atoms with E-state index in [9.17, 15) is 28.0 Å². The maximum absolute atomic E-state index is 14.3. The van der Waals surface area contributed by atoms with Crippen LogP contribution in [-0.4, -0.2) is 122 Å². The molecule has 6 fully saturated rings. The van der Waals surface area contributed by atoms with E-state index in [0.29, 0.717) is 47.5 Å². The molecular formula is C44H51ClF2N10O5. The van der Waals surface area contributed by atoms with Crippen LogP contribution in [0.15, 0.2) is 42.9 Å². The molecule has 1 spiro atoms. The molecule has 1 aromatic carbocycles. The van der Waals surface area contributed by atoms with E-state index >= 15 is 0 Å². The first-order valence-electron chi connectivity index (χ1n) is 22.0. The number of carbonyl (C=O) groups excluding carboxylic acids is 4. The van der Waals surface area contributed by atoms with Gasteiger partial charge in [-0.05, 0) is 106 Å². The minimum atomic E-state index is -2.86. The standard InChI is InChI=1S/C44H51ClF2N10O5/c45-34-6-3-28(19-36(34)54-13-7-31(58)21-38(54)59)43(61)53-17-11-44(12-18-53)9-15-52(16-10-44)23-27-1-4-29(5-2-27)57-25-35(39(51-57)40(46)47)49-42(60)33-22-48-56-14-8-37(50-41(33)56)55-24-32-20-30(55)26-62-32/h3,6,8,14,19,22,25,27,29-30,32,40H,1-2,4-5,7,9-13,15-18,20-21,23-24,26H2,(H,49,60)/t27?,29?,30-,32-/m1/s1. The average Bonchev–Trinajstić information content (AvgIpc) is 4.10. The third kappa shape index (κ3) is 7.95. The van der Waals surface area contributed by atoms with Crippen molar-refractivity contribution in [3.63, 3.8) is 0 Å². The fraction of sp³-hybridized carbons (Fsp3) is 0.568. The lowest BCUT2D eigenvalue weighted by Crippen LogP contribution is -2.49. The van der Waals surface area contributed by atoms with Gasteiger partial charge in [-0.15, -0.1) is 0 Å². The second-order valence-electron chi connectivity index (χ2n) is 18.2. The molecule has 2 bridgehead atoms. The third-order valence-corrected chi connectivity index (χ3v) is 14.8. The molecule has 62 heavy (non-hydrogen) atoms. The van der Waals surface area contributed by atoms with Crippen LogP contribution in [0.1, 0.15) is 110 Å². The highest BCUT2D eigenvalue weighted by Gasteiger charge is 2.41. The van der Waals surface area contributed by atoms with E-state index in [0.717, 1.165) is 89.8 Å². The zero-order valence-corrected chi connectivity index (χ0v) is 35.3. The summed E-state index contributed by atoms with van der Waals surface area (Å²) in [5.74, 6) is 0.229. The number of ketones is 1. The Kier molecular flexibility index (Phi) is 11.0. The number of amides is 3. The molecular weight excluding hydrogens is 822 g/mol. The summed E-state index contributed by atoms with van der Waals surface area (Å²) in [6.07, 6.45) is 10.8. The lowest BCUT2D eigenvalue weighted by Gasteiger charge is -2.47. The number of likely N-dealkylation sites (tertiary alicyclic amines) is 2. The van der Waals surface area contributed by atoms with Crippen molar-refractivity contribution in [3.05, 3.63) is 64.7 Å². The van der Waals surface area contributed by atoms with Crippen molar-refractivity contribution in [2.45, 2.75) is 95.2 Å². The highest BCUT2D eigenvalue weighted by molar-refractivity contribution is 6.34. The molecule has 1 N–H and O–H groups in total. The van der Waals surface area contributed by atoms with E-state index in [2.05, 4.69) is 25.3 Å². The highest BCUT2D eigenvalue weighted by Crippen LogP contribution is 2.43. The minimum Gasteiger partial charge on any atom is -0.374 e. The first-order chi connectivity index (χ1) is 30.0. The molecule has 10 rings (SSSR count). The van der Waals surface area contributed by atoms with Gasteiger partial charge in [0.2, 0.25) is 5.91 Å². The maximum atomic E-state index is 14.3. The van der Waals surface area contributed by atoms with E-state index in [-0.39, 0.29) is 71.8 Å². The van der Waals surface area contributed by atoms with Crippen molar-refractivity contribution in [1.82, 2.24) is 34.2 Å². The summed E-state index contributed by atoms with van der Waals surface area (Å²) >= 11 is 6.45. The molecule has 8 heterocycles. The van der Waals surface area contributed by atoms with E-state index in [1.807, 2.05) is 11.0 Å². The van der Waals surface area contributed by atoms with Crippen molar-refractivity contribution in [2.75, 3.05) is 67.5 Å². The van der Waals surface area contributed by atoms with Gasteiger partial charge in [-0.2, -0.15) is 10.2 Å². The molecule has 5 aliphatic heterocycles. The Bertz CT molecular complexity index is 2380. The van der Waals surface area contributed by atoms with Crippen molar-refractivity contribution in [2.24, 2.45) is 11.3 Å². The van der Waals surface area contributed by atoms with E-state index in [1.165, 1.54) is 15.6 Å². The number of hydrogen-bond donors (Lipinski definition) is 1. The summed E-state index contributed by atoms with van der Waals surface area (Å²) in [5.41, 5.74) is 1.30. The zero-order valence-electron chi connectivity index (χ0n) is 34.6. The Balaban J connectivity index is 0.701. The summed E-state index contributed by atoms with van der Waals surface area (Å²) in [6, 6.07) is 7.13. The summed E-state index contributed by atoms with van der Waals surface area (Å²) < 4.78 is 37.5. The lowest BCUT2D eigenvalue weighted by atomic mass is 9.71. The Labute approximate surface area is 362 Å². The summed E-state index contributed by atoms with van der Waals surface area (Å²) in [6.45, 7) is 6.04. The number of ether oxygens (including phenoxy) is 1. The van der Waals surface area contributed by atoms with Gasteiger partial charge in [-0.1, -0.05) is 11.6 Å². The number of piperidine rings is 3. The van der Waals surface area contributed by atoms with Gasteiger partial charge in [-0.25, -0.2) is 18.3 Å². The van der Waals surface area contributed by atoms with Gasteiger partial charge >= 0.3 is 0 Å². The number of carbonyl (C=O) groups is 4. The predicted octanol–water partition coefficient (Wildman–Crippen LogP) is 6.19. The molecule has 1 saturated carbocycles. The smallest absolute Gasteiger partial charge is 0.284 e. The van der Waals surface area contributed by atoms with Crippen molar-refractivity contribution in [1.29, 1.82) is 0 Å². The van der Waals surface area contributed by atoms with Crippen LogP contribution in [0.5, 0.6) is 0 Å². The molecule has 3 aromatic heterocycles. The number of hydrogen-bond acceptors (Lipinski definition) is 10. The molecule has 6 aliphatic rings. The fourth-order valence-electron chi connectivity index (χ4n) is 10.8. The second kappa shape index (κ2) is 16.6. The second-order valence-corrected chi connectivity index (χ2v) is 18.6. The number of aromatic nitrogens is 5. The van der Waals surface area contributed by atoms with Gasteiger partial charge in [0.1, 0.15) is 17.2 Å². The number of morpholine rings is 1. The van der Waals surface area contributed by atoms with Crippen LogP contribution in [0.25, 0.3) is 5.65 Å². The van der Waals surface area contributed by atoms with Gasteiger partial charge in [0, 0.05) is 57.1 Å². The number of alkyl halides is 2. The van der Waals surface area contributed by atoms with Crippen LogP contribution < -0.4 is 15.1 Å². The summed E-state index contributed by atoms with van der Waals surface area (Å²) in [4.78, 5) is 64.4. The predicted molar refractivity (Wildman–Crippen MR) is 226 cm³/mol. The van der Waals surface area contributed by atoms with Gasteiger partial charge in [0.15, 0.2) is 11.3 Å². The largest absolute Gasteiger partial charge is 0.374 e. The summed E-state index contributed by atoms with van der Waals surface area (Å²) in [5, 5.41) is 11.7. The third-order valence-electron chi connectivity index (χ3n) is 14.5. The van der Waals surface area contributed by atoms with Gasteiger partial charge in [-0.3, -0.25) is 23.9 Å². The molecule has 1 aliphatic carbocycles. The highest BCUT2D eigenvalue weighted by atomic mass is 35.5. The Morgan fingerprint density at radius 2 is 1.76 bits per heavy atom. The SMILES string of the molecule is O=C1CCN(c2cc(C(=O)N3CCC4(CCN(CC5CCC(n6cc(NC(=O)c7cnn8ccc(N9C[C@H]%10C[C@@H]9CO%10)nc78)c(C(F)F)n6)CC5)CC4)CC3)ccc2Cl)C(=O)C1. The number of benzene rings is 1. The zero-order chi connectivity index (χ0) is 42.7. The minimum absolute atomic E-state index is 0.00148. The number of Topliss-reactive ketones (excluding diaryl/α,β-unsaturated/α-hetero) is 1. The maximum Gasteiger partial charge on any atom is 0.284 e. The number of anilines is 3. The van der Waals surface area contributed by atoms with E-state index in [1.54, 1.807) is 35.3 Å². The van der Waals surface area contributed by atoms with Crippen molar-refractivity contribution >= 4 is 57.9 Å². The number of nitrogens with one attached hydrogen (secondary N) is 1. The fourth-order valence-corrected chi connectivity index (χ4v) is 11.0. The van der Waals surface area contributed by atoms with E-state index < -0.39 is 18.0 Å². The molecule has 18 heteroatoms. The molecule has 5 saturated heterocycles. The topological polar surface area (TPSA) is 151 Å². The first-order valence-corrected chi connectivity index (χ1v) is 22.4. The average molecular weight is 873 g/mol. The van der Waals surface area contributed by atoms with Crippen LogP contribution in [0.4, 0.5) is 26.0 Å². The van der Waals surface area contributed by atoms with Crippen LogP contribution in [0.2, 0.25) is 5.02 Å². The molecule has 3 amide bonds. The number of rotatable bonds is 9. The molecule has 0 unspecified atom stereocenters. The number of halogens is 3. The molecule has 328 valence electrons. The van der Waals surface area contributed by atoms with Crippen LogP contribution in [0, 0.1) is 11.3 Å². The quantitative estimate of drug-likeness (QED) is 0.193. The monoisotopic (exact) mass is 872 g/mol. The van der Waals surface area contributed by atoms with Crippen molar-refractivity contribution in [3.8, 4) is 0 Å². The normalized spacial score (nSPS) is 25.5. The number of nitrogens with zero attached hydrogens (tertiary/aromatic N) is 9.